The van der Waals surface area contributed by atoms with Gasteiger partial charge in [-0.05, 0) is 24.6 Å². The van der Waals surface area contributed by atoms with E-state index in [-0.39, 0.29) is 11.1 Å². The maximum atomic E-state index is 13.4. The summed E-state index contributed by atoms with van der Waals surface area (Å²) >= 11 is 5.86. The lowest BCUT2D eigenvalue weighted by Crippen LogP contribution is -2.14. The fourth-order valence-corrected chi connectivity index (χ4v) is 1.70. The molecule has 19 heavy (non-hydrogen) atoms. The third kappa shape index (κ3) is 5.24. The zero-order valence-electron chi connectivity index (χ0n) is 10.2. The molecule has 0 aliphatic carbocycles. The molecular formula is C12H14ClF4NO. The Morgan fingerprint density at radius 3 is 2.58 bits per heavy atom. The van der Waals surface area contributed by atoms with Crippen LogP contribution in [-0.2, 0) is 10.9 Å². The number of anilines is 1. The van der Waals surface area contributed by atoms with Gasteiger partial charge in [-0.15, -0.1) is 11.6 Å². The standard InChI is InChI=1S/C12H14ClF4NO/c1-19-7-9(13)4-5-18-11-3-2-8(6-10(11)14)12(15,16)17/h2-3,6,9,18H,4-5,7H2,1H3. The van der Waals surface area contributed by atoms with E-state index in [0.29, 0.717) is 25.6 Å². The maximum Gasteiger partial charge on any atom is 0.416 e. The molecule has 0 aliphatic rings. The molecule has 0 bridgehead atoms. The average molecular weight is 300 g/mol. The highest BCUT2D eigenvalue weighted by molar-refractivity contribution is 6.20. The predicted octanol–water partition coefficient (Wildman–Crippen LogP) is 3.90. The zero-order chi connectivity index (χ0) is 14.5. The highest BCUT2D eigenvalue weighted by Crippen LogP contribution is 2.31. The Bertz CT molecular complexity index is 411. The van der Waals surface area contributed by atoms with Gasteiger partial charge in [-0.25, -0.2) is 4.39 Å². The van der Waals surface area contributed by atoms with Crippen LogP contribution in [0.4, 0.5) is 23.2 Å². The largest absolute Gasteiger partial charge is 0.416 e. The minimum atomic E-state index is -4.54. The van der Waals surface area contributed by atoms with Crippen LogP contribution in [0, 0.1) is 5.82 Å². The van der Waals surface area contributed by atoms with E-state index in [1.165, 1.54) is 7.11 Å². The molecule has 108 valence electrons. The molecule has 0 saturated carbocycles. The summed E-state index contributed by atoms with van der Waals surface area (Å²) in [6.07, 6.45) is -4.03. The molecule has 0 spiro atoms. The van der Waals surface area contributed by atoms with E-state index in [4.69, 9.17) is 16.3 Å². The second kappa shape index (κ2) is 6.96. The predicted molar refractivity (Wildman–Crippen MR) is 66.0 cm³/mol. The summed E-state index contributed by atoms with van der Waals surface area (Å²) in [4.78, 5) is 0. The van der Waals surface area contributed by atoms with Crippen LogP contribution in [0.2, 0.25) is 0 Å². The molecule has 0 heterocycles. The van der Waals surface area contributed by atoms with Crippen LogP contribution in [-0.4, -0.2) is 25.6 Å². The minimum Gasteiger partial charge on any atom is -0.383 e. The van der Waals surface area contributed by atoms with Crippen LogP contribution < -0.4 is 5.32 Å². The van der Waals surface area contributed by atoms with Crippen LogP contribution in [0.3, 0.4) is 0 Å². The van der Waals surface area contributed by atoms with E-state index in [2.05, 4.69) is 5.32 Å². The number of hydrogen-bond donors (Lipinski definition) is 1. The fraction of sp³-hybridized carbons (Fsp3) is 0.500. The highest BCUT2D eigenvalue weighted by atomic mass is 35.5. The molecule has 0 radical (unpaired) electrons. The van der Waals surface area contributed by atoms with E-state index in [1.807, 2.05) is 0 Å². The molecule has 1 rings (SSSR count). The third-order valence-electron chi connectivity index (χ3n) is 2.42. The van der Waals surface area contributed by atoms with Crippen molar-refractivity contribution in [1.82, 2.24) is 0 Å². The van der Waals surface area contributed by atoms with Crippen molar-refractivity contribution in [3.63, 3.8) is 0 Å². The monoisotopic (exact) mass is 299 g/mol. The number of halogens is 5. The van der Waals surface area contributed by atoms with Gasteiger partial charge in [-0.2, -0.15) is 13.2 Å². The van der Waals surface area contributed by atoms with Crippen molar-refractivity contribution in [2.45, 2.75) is 18.0 Å². The van der Waals surface area contributed by atoms with Gasteiger partial charge in [-0.3, -0.25) is 0 Å². The molecule has 2 nitrogen and oxygen atoms in total. The lowest BCUT2D eigenvalue weighted by atomic mass is 10.2. The Kier molecular flexibility index (Phi) is 5.87. The molecule has 0 aromatic heterocycles. The van der Waals surface area contributed by atoms with Gasteiger partial charge in [-0.1, -0.05) is 0 Å². The van der Waals surface area contributed by atoms with E-state index >= 15 is 0 Å². The maximum absolute atomic E-state index is 13.4. The van der Waals surface area contributed by atoms with E-state index in [9.17, 15) is 17.6 Å². The van der Waals surface area contributed by atoms with Gasteiger partial charge in [0.05, 0.1) is 23.2 Å². The molecule has 1 unspecified atom stereocenters. The normalized spacial score (nSPS) is 13.4. The van der Waals surface area contributed by atoms with Crippen molar-refractivity contribution in [3.05, 3.63) is 29.6 Å². The molecule has 1 aromatic carbocycles. The summed E-state index contributed by atoms with van der Waals surface area (Å²) in [7, 11) is 1.51. The van der Waals surface area contributed by atoms with Gasteiger partial charge in [0.2, 0.25) is 0 Å². The van der Waals surface area contributed by atoms with Crippen molar-refractivity contribution in [2.24, 2.45) is 0 Å². The third-order valence-corrected chi connectivity index (χ3v) is 2.76. The van der Waals surface area contributed by atoms with Crippen molar-refractivity contribution in [1.29, 1.82) is 0 Å². The van der Waals surface area contributed by atoms with Gasteiger partial charge < -0.3 is 10.1 Å². The molecule has 0 amide bonds. The number of ether oxygens (including phenoxy) is 1. The summed E-state index contributed by atoms with van der Waals surface area (Å²) in [5.74, 6) is -0.937. The number of hydrogen-bond acceptors (Lipinski definition) is 2. The van der Waals surface area contributed by atoms with Crippen LogP contribution in [0.5, 0.6) is 0 Å². The second-order valence-electron chi connectivity index (χ2n) is 3.96. The van der Waals surface area contributed by atoms with Crippen LogP contribution >= 0.6 is 11.6 Å². The van der Waals surface area contributed by atoms with Crippen molar-refractivity contribution in [2.75, 3.05) is 25.6 Å². The number of benzene rings is 1. The number of alkyl halides is 4. The first-order chi connectivity index (χ1) is 8.84. The summed E-state index contributed by atoms with van der Waals surface area (Å²) in [6, 6.07) is 2.37. The molecule has 0 saturated heterocycles. The van der Waals surface area contributed by atoms with Gasteiger partial charge in [0.15, 0.2) is 0 Å². The molecule has 0 fully saturated rings. The van der Waals surface area contributed by atoms with Gasteiger partial charge in [0.25, 0.3) is 0 Å². The average Bonchev–Trinajstić information content (AvgIpc) is 2.30. The SMILES string of the molecule is COCC(Cl)CCNc1ccc(C(F)(F)F)cc1F. The Labute approximate surface area is 113 Å². The first kappa shape index (κ1) is 16.0. The fourth-order valence-electron chi connectivity index (χ4n) is 1.46. The Hall–Kier alpha value is -1.01. The van der Waals surface area contributed by atoms with E-state index < -0.39 is 17.6 Å². The smallest absolute Gasteiger partial charge is 0.383 e. The molecule has 7 heteroatoms. The lowest BCUT2D eigenvalue weighted by Gasteiger charge is -2.12. The molecule has 0 aliphatic heterocycles. The first-order valence-corrected chi connectivity index (χ1v) is 6.02. The minimum absolute atomic E-state index is 0.0225. The van der Waals surface area contributed by atoms with Crippen LogP contribution in [0.1, 0.15) is 12.0 Å². The van der Waals surface area contributed by atoms with Crippen molar-refractivity contribution < 1.29 is 22.3 Å². The van der Waals surface area contributed by atoms with Crippen LogP contribution in [0.15, 0.2) is 18.2 Å². The Balaban J connectivity index is 2.56. The first-order valence-electron chi connectivity index (χ1n) is 5.58. The topological polar surface area (TPSA) is 21.3 Å². The number of methoxy groups -OCH3 is 1. The molecule has 1 aromatic rings. The van der Waals surface area contributed by atoms with Gasteiger partial charge >= 0.3 is 6.18 Å². The highest BCUT2D eigenvalue weighted by Gasteiger charge is 2.31. The lowest BCUT2D eigenvalue weighted by molar-refractivity contribution is -0.137. The summed E-state index contributed by atoms with van der Waals surface area (Å²) in [5.41, 5.74) is -0.987. The summed E-state index contributed by atoms with van der Waals surface area (Å²) < 4.78 is 55.2. The Morgan fingerprint density at radius 2 is 2.05 bits per heavy atom. The summed E-state index contributed by atoms with van der Waals surface area (Å²) in [6.45, 7) is 0.707. The molecule has 1 atom stereocenters. The van der Waals surface area contributed by atoms with E-state index in [0.717, 1.165) is 12.1 Å². The number of nitrogens with one attached hydrogen (secondary N) is 1. The summed E-state index contributed by atoms with van der Waals surface area (Å²) in [5, 5.41) is 2.47. The van der Waals surface area contributed by atoms with E-state index in [1.54, 1.807) is 0 Å². The number of rotatable bonds is 6. The molecule has 1 N–H and O–H groups in total. The molecular weight excluding hydrogens is 286 g/mol. The second-order valence-corrected chi connectivity index (χ2v) is 4.58. The Morgan fingerprint density at radius 1 is 1.37 bits per heavy atom. The van der Waals surface area contributed by atoms with Crippen LogP contribution in [0.25, 0.3) is 0 Å². The van der Waals surface area contributed by atoms with Crippen molar-refractivity contribution >= 4 is 17.3 Å². The zero-order valence-corrected chi connectivity index (χ0v) is 11.0. The quantitative estimate of drug-likeness (QED) is 0.635. The van der Waals surface area contributed by atoms with Gasteiger partial charge in [0.1, 0.15) is 5.82 Å². The van der Waals surface area contributed by atoms with Gasteiger partial charge in [0, 0.05) is 13.7 Å². The van der Waals surface area contributed by atoms with Crippen molar-refractivity contribution in [3.8, 4) is 0 Å².